The zero-order valence-electron chi connectivity index (χ0n) is 14.6. The Morgan fingerprint density at radius 2 is 1.77 bits per heavy atom. The van der Waals surface area contributed by atoms with E-state index in [2.05, 4.69) is 39.3 Å². The minimum Gasteiger partial charge on any atom is -0.369 e. The number of amides is 1. The van der Waals surface area contributed by atoms with Gasteiger partial charge in [0.15, 0.2) is 0 Å². The molecule has 0 bridgehead atoms. The van der Waals surface area contributed by atoms with Crippen molar-refractivity contribution in [2.24, 2.45) is 0 Å². The topological polar surface area (TPSA) is 51.4 Å². The Hall–Kier alpha value is -2.50. The first-order chi connectivity index (χ1) is 12.6. The number of halogens is 1. The molecule has 1 aliphatic rings. The average molecular weight is 369 g/mol. The van der Waals surface area contributed by atoms with E-state index in [1.54, 1.807) is 0 Å². The Labute approximate surface area is 157 Å². The summed E-state index contributed by atoms with van der Waals surface area (Å²) in [6.45, 7) is 4.20. The van der Waals surface area contributed by atoms with Crippen LogP contribution in [0.5, 0.6) is 0 Å². The summed E-state index contributed by atoms with van der Waals surface area (Å²) in [4.78, 5) is 20.3. The largest absolute Gasteiger partial charge is 0.369 e. The summed E-state index contributed by atoms with van der Waals surface area (Å²) in [5, 5.41) is 4.55. The Morgan fingerprint density at radius 3 is 2.50 bits per heavy atom. The van der Waals surface area contributed by atoms with Gasteiger partial charge in [0.25, 0.3) is 5.91 Å². The summed E-state index contributed by atoms with van der Waals surface area (Å²) in [6.07, 6.45) is 0. The van der Waals surface area contributed by atoms with E-state index in [1.807, 2.05) is 36.4 Å². The van der Waals surface area contributed by atoms with Gasteiger partial charge in [-0.05, 0) is 49.5 Å². The average Bonchev–Trinajstić information content (AvgIpc) is 3.06. The second-order valence-corrected chi connectivity index (χ2v) is 7.14. The molecule has 4 rings (SSSR count). The predicted octanol–water partition coefficient (Wildman–Crippen LogP) is 3.83. The monoisotopic (exact) mass is 368 g/mol. The van der Waals surface area contributed by atoms with Crippen molar-refractivity contribution >= 4 is 39.8 Å². The van der Waals surface area contributed by atoms with Crippen LogP contribution >= 0.6 is 11.6 Å². The summed E-state index contributed by atoms with van der Waals surface area (Å²) in [5.74, 6) is -0.162. The van der Waals surface area contributed by atoms with Crippen LogP contribution in [0.25, 0.3) is 10.9 Å². The number of rotatable bonds is 3. The molecule has 0 spiro atoms. The Morgan fingerprint density at radius 1 is 1.04 bits per heavy atom. The number of likely N-dealkylation sites (N-methyl/N-ethyl adjacent to an activating group) is 1. The summed E-state index contributed by atoms with van der Waals surface area (Å²) in [7, 11) is 2.15. The fourth-order valence-corrected chi connectivity index (χ4v) is 3.41. The van der Waals surface area contributed by atoms with Crippen molar-refractivity contribution in [2.45, 2.75) is 0 Å². The lowest BCUT2D eigenvalue weighted by atomic mass is 10.2. The highest BCUT2D eigenvalue weighted by atomic mass is 35.5. The maximum atomic E-state index is 12.5. The summed E-state index contributed by atoms with van der Waals surface area (Å²) in [6, 6.07) is 15.4. The fourth-order valence-electron chi connectivity index (χ4n) is 3.24. The van der Waals surface area contributed by atoms with Crippen LogP contribution in [0, 0.1) is 0 Å². The lowest BCUT2D eigenvalue weighted by molar-refractivity contribution is 0.102. The standard InChI is InChI=1S/C20H21ClN4O/c1-24-8-10-25(11-9-24)17-6-4-16(5-7-17)22-20(26)19-12-14-2-3-15(21)13-18(14)23-19/h2-7,12-13,23H,8-11H2,1H3,(H,22,26). The lowest BCUT2D eigenvalue weighted by Crippen LogP contribution is -2.44. The van der Waals surface area contributed by atoms with E-state index in [0.717, 1.165) is 42.8 Å². The van der Waals surface area contributed by atoms with E-state index in [4.69, 9.17) is 11.6 Å². The third kappa shape index (κ3) is 3.54. The van der Waals surface area contributed by atoms with E-state index in [1.165, 1.54) is 5.69 Å². The highest BCUT2D eigenvalue weighted by Crippen LogP contribution is 2.22. The van der Waals surface area contributed by atoms with Gasteiger partial charge in [-0.1, -0.05) is 17.7 Å². The molecule has 2 aromatic carbocycles. The van der Waals surface area contributed by atoms with Gasteiger partial charge in [0.1, 0.15) is 5.69 Å². The number of hydrogen-bond acceptors (Lipinski definition) is 3. The number of nitrogens with zero attached hydrogens (tertiary/aromatic N) is 2. The quantitative estimate of drug-likeness (QED) is 0.738. The third-order valence-electron chi connectivity index (χ3n) is 4.82. The molecule has 5 nitrogen and oxygen atoms in total. The number of H-pyrrole nitrogens is 1. The molecule has 0 radical (unpaired) electrons. The number of piperazine rings is 1. The smallest absolute Gasteiger partial charge is 0.272 e. The summed E-state index contributed by atoms with van der Waals surface area (Å²) in [5.41, 5.74) is 3.35. The second-order valence-electron chi connectivity index (χ2n) is 6.71. The van der Waals surface area contributed by atoms with Crippen LogP contribution in [0.4, 0.5) is 11.4 Å². The zero-order chi connectivity index (χ0) is 18.1. The SMILES string of the molecule is CN1CCN(c2ccc(NC(=O)c3cc4ccc(Cl)cc4[nH]3)cc2)CC1. The highest BCUT2D eigenvalue weighted by molar-refractivity contribution is 6.31. The van der Waals surface area contributed by atoms with Crippen molar-refractivity contribution in [3.8, 4) is 0 Å². The number of benzene rings is 2. The maximum absolute atomic E-state index is 12.5. The van der Waals surface area contributed by atoms with E-state index in [9.17, 15) is 4.79 Å². The van der Waals surface area contributed by atoms with Crippen molar-refractivity contribution < 1.29 is 4.79 Å². The molecular formula is C20H21ClN4O. The maximum Gasteiger partial charge on any atom is 0.272 e. The van der Waals surface area contributed by atoms with Gasteiger partial charge < -0.3 is 20.1 Å². The van der Waals surface area contributed by atoms with Crippen molar-refractivity contribution in [2.75, 3.05) is 43.4 Å². The van der Waals surface area contributed by atoms with Gasteiger partial charge in [0, 0.05) is 53.5 Å². The van der Waals surface area contributed by atoms with Crippen molar-refractivity contribution in [3.05, 3.63) is 59.2 Å². The van der Waals surface area contributed by atoms with Crippen LogP contribution in [-0.4, -0.2) is 49.0 Å². The van der Waals surface area contributed by atoms with Crippen molar-refractivity contribution in [3.63, 3.8) is 0 Å². The van der Waals surface area contributed by atoms with Gasteiger partial charge >= 0.3 is 0 Å². The number of anilines is 2. The first-order valence-electron chi connectivity index (χ1n) is 8.72. The molecule has 1 aliphatic heterocycles. The lowest BCUT2D eigenvalue weighted by Gasteiger charge is -2.34. The van der Waals surface area contributed by atoms with E-state index >= 15 is 0 Å². The predicted molar refractivity (Wildman–Crippen MR) is 107 cm³/mol. The molecule has 0 aliphatic carbocycles. The molecule has 2 N–H and O–H groups in total. The number of aromatic amines is 1. The molecule has 1 aromatic heterocycles. The molecule has 1 saturated heterocycles. The number of hydrogen-bond donors (Lipinski definition) is 2. The van der Waals surface area contributed by atoms with Gasteiger partial charge in [-0.25, -0.2) is 0 Å². The highest BCUT2D eigenvalue weighted by Gasteiger charge is 2.14. The number of fused-ring (bicyclic) bond motifs is 1. The number of nitrogens with one attached hydrogen (secondary N) is 2. The van der Waals surface area contributed by atoms with Crippen LogP contribution < -0.4 is 10.2 Å². The molecule has 1 amide bonds. The molecular weight excluding hydrogens is 348 g/mol. The van der Waals surface area contributed by atoms with E-state index in [0.29, 0.717) is 10.7 Å². The van der Waals surface area contributed by atoms with Crippen molar-refractivity contribution in [1.29, 1.82) is 0 Å². The van der Waals surface area contributed by atoms with Gasteiger partial charge in [-0.15, -0.1) is 0 Å². The second kappa shape index (κ2) is 7.02. The number of carbonyl (C=O) groups excluding carboxylic acids is 1. The van der Waals surface area contributed by atoms with Crippen LogP contribution in [0.15, 0.2) is 48.5 Å². The van der Waals surface area contributed by atoms with Crippen LogP contribution in [-0.2, 0) is 0 Å². The molecule has 3 aromatic rings. The Kier molecular flexibility index (Phi) is 4.57. The molecule has 0 saturated carbocycles. The first kappa shape index (κ1) is 16.9. The Balaban J connectivity index is 1.45. The molecule has 134 valence electrons. The summed E-state index contributed by atoms with van der Waals surface area (Å²) >= 11 is 6.00. The van der Waals surface area contributed by atoms with Gasteiger partial charge in [0.2, 0.25) is 0 Å². The fraction of sp³-hybridized carbons (Fsp3) is 0.250. The van der Waals surface area contributed by atoms with Crippen LogP contribution in [0.1, 0.15) is 10.5 Å². The normalized spacial score (nSPS) is 15.4. The van der Waals surface area contributed by atoms with Crippen LogP contribution in [0.3, 0.4) is 0 Å². The Bertz CT molecular complexity index is 927. The number of carbonyl (C=O) groups is 1. The molecule has 6 heteroatoms. The first-order valence-corrected chi connectivity index (χ1v) is 9.09. The van der Waals surface area contributed by atoms with Crippen molar-refractivity contribution in [1.82, 2.24) is 9.88 Å². The molecule has 26 heavy (non-hydrogen) atoms. The van der Waals surface area contributed by atoms with E-state index in [-0.39, 0.29) is 5.91 Å². The molecule has 0 atom stereocenters. The molecule has 1 fully saturated rings. The van der Waals surface area contributed by atoms with Crippen LogP contribution in [0.2, 0.25) is 5.02 Å². The van der Waals surface area contributed by atoms with Gasteiger partial charge in [-0.3, -0.25) is 4.79 Å². The minimum absolute atomic E-state index is 0.162. The zero-order valence-corrected chi connectivity index (χ0v) is 15.4. The van der Waals surface area contributed by atoms with E-state index < -0.39 is 0 Å². The summed E-state index contributed by atoms with van der Waals surface area (Å²) < 4.78 is 0. The molecule has 2 heterocycles. The van der Waals surface area contributed by atoms with Gasteiger partial charge in [0.05, 0.1) is 0 Å². The number of aromatic nitrogens is 1. The third-order valence-corrected chi connectivity index (χ3v) is 5.06. The van der Waals surface area contributed by atoms with Gasteiger partial charge in [-0.2, -0.15) is 0 Å². The minimum atomic E-state index is -0.162. The molecule has 0 unspecified atom stereocenters.